The third-order valence-electron chi connectivity index (χ3n) is 2.18. The Labute approximate surface area is 104 Å². The van der Waals surface area contributed by atoms with Crippen molar-refractivity contribution in [2.45, 2.75) is 27.2 Å². The molecule has 17 heavy (non-hydrogen) atoms. The fourth-order valence-electron chi connectivity index (χ4n) is 1.37. The van der Waals surface area contributed by atoms with Crippen LogP contribution in [-0.4, -0.2) is 17.0 Å². The first kappa shape index (κ1) is 13.4. The fraction of sp³-hybridized carbons (Fsp3) is 0.333. The van der Waals surface area contributed by atoms with E-state index in [2.05, 4.69) is 5.32 Å². The van der Waals surface area contributed by atoms with Crippen LogP contribution in [0.25, 0.3) is 0 Å². The Morgan fingerprint density at radius 3 is 2.71 bits per heavy atom. The van der Waals surface area contributed by atoms with Gasteiger partial charge in [0.2, 0.25) is 0 Å². The molecule has 92 valence electrons. The predicted octanol–water partition coefficient (Wildman–Crippen LogP) is 3.05. The molecule has 0 saturated heterocycles. The molecule has 0 aliphatic rings. The minimum absolute atomic E-state index is 0.144. The lowest BCUT2D eigenvalue weighted by Crippen LogP contribution is -2.13. The van der Waals surface area contributed by atoms with Crippen molar-refractivity contribution in [1.29, 1.82) is 0 Å². The maximum absolute atomic E-state index is 11.7. The van der Waals surface area contributed by atoms with Crippen LogP contribution in [-0.2, 0) is 4.79 Å². The minimum Gasteiger partial charge on any atom is -0.478 e. The molecule has 1 heterocycles. The number of aromatic carboxylic acids is 1. The molecule has 0 aliphatic heterocycles. The van der Waals surface area contributed by atoms with Gasteiger partial charge in [-0.2, -0.15) is 0 Å². The maximum atomic E-state index is 11.7. The SMILES string of the molecule is CCC=C(C)C(=O)Nc1sc(C)cc1C(=O)O. The molecule has 0 fully saturated rings. The average Bonchev–Trinajstić information content (AvgIpc) is 2.60. The molecule has 1 aromatic rings. The largest absolute Gasteiger partial charge is 0.478 e. The van der Waals surface area contributed by atoms with Crippen molar-refractivity contribution in [2.75, 3.05) is 5.32 Å². The van der Waals surface area contributed by atoms with Crippen molar-refractivity contribution in [1.82, 2.24) is 0 Å². The molecule has 0 atom stereocenters. The highest BCUT2D eigenvalue weighted by atomic mass is 32.1. The van der Waals surface area contributed by atoms with E-state index in [1.54, 1.807) is 19.1 Å². The molecule has 2 N–H and O–H groups in total. The Morgan fingerprint density at radius 1 is 1.53 bits per heavy atom. The number of carboxylic acids is 1. The Hall–Kier alpha value is -1.62. The number of hydrogen-bond donors (Lipinski definition) is 2. The zero-order valence-electron chi connectivity index (χ0n) is 10.0. The Kier molecular flexibility index (Phi) is 4.45. The lowest BCUT2D eigenvalue weighted by Gasteiger charge is -2.03. The second-order valence-electron chi connectivity index (χ2n) is 3.65. The molecule has 0 aliphatic carbocycles. The zero-order chi connectivity index (χ0) is 13.0. The summed E-state index contributed by atoms with van der Waals surface area (Å²) < 4.78 is 0. The number of rotatable bonds is 4. The number of carboxylic acid groups (broad SMARTS) is 1. The quantitative estimate of drug-likeness (QED) is 0.810. The van der Waals surface area contributed by atoms with Gasteiger partial charge in [0.25, 0.3) is 5.91 Å². The van der Waals surface area contributed by atoms with Crippen LogP contribution in [0, 0.1) is 6.92 Å². The standard InChI is InChI=1S/C12H15NO3S/c1-4-5-7(2)10(14)13-11-9(12(15)16)6-8(3)17-11/h5-6H,4H2,1-3H3,(H,13,14)(H,15,16). The smallest absolute Gasteiger partial charge is 0.338 e. The van der Waals surface area contributed by atoms with E-state index in [1.165, 1.54) is 11.3 Å². The average molecular weight is 253 g/mol. The normalized spacial score (nSPS) is 11.4. The van der Waals surface area contributed by atoms with Gasteiger partial charge in [-0.25, -0.2) is 4.79 Å². The number of anilines is 1. The molecule has 0 spiro atoms. The molecule has 0 bridgehead atoms. The zero-order valence-corrected chi connectivity index (χ0v) is 10.9. The summed E-state index contributed by atoms with van der Waals surface area (Å²) in [5.74, 6) is -1.28. The number of carbonyl (C=O) groups excluding carboxylic acids is 1. The first-order valence-corrected chi connectivity index (χ1v) is 6.09. The van der Waals surface area contributed by atoms with E-state index in [0.29, 0.717) is 10.6 Å². The van der Waals surface area contributed by atoms with Crippen LogP contribution in [0.15, 0.2) is 17.7 Å². The summed E-state index contributed by atoms with van der Waals surface area (Å²) in [6.45, 7) is 5.45. The summed E-state index contributed by atoms with van der Waals surface area (Å²) in [6, 6.07) is 1.56. The van der Waals surface area contributed by atoms with Gasteiger partial charge in [-0.1, -0.05) is 13.0 Å². The van der Waals surface area contributed by atoms with Crippen molar-refractivity contribution < 1.29 is 14.7 Å². The summed E-state index contributed by atoms with van der Waals surface area (Å²) >= 11 is 1.27. The molecular formula is C12H15NO3S. The first-order chi connectivity index (χ1) is 7.95. The highest BCUT2D eigenvalue weighted by molar-refractivity contribution is 7.16. The van der Waals surface area contributed by atoms with Crippen LogP contribution in [0.3, 0.4) is 0 Å². The number of carbonyl (C=O) groups is 2. The van der Waals surface area contributed by atoms with E-state index >= 15 is 0 Å². The van der Waals surface area contributed by atoms with Crippen LogP contribution < -0.4 is 5.32 Å². The number of hydrogen-bond acceptors (Lipinski definition) is 3. The number of nitrogens with one attached hydrogen (secondary N) is 1. The van der Waals surface area contributed by atoms with Crippen LogP contribution >= 0.6 is 11.3 Å². The van der Waals surface area contributed by atoms with Crippen LogP contribution in [0.4, 0.5) is 5.00 Å². The second-order valence-corrected chi connectivity index (χ2v) is 4.91. The highest BCUT2D eigenvalue weighted by Crippen LogP contribution is 2.27. The fourth-order valence-corrected chi connectivity index (χ4v) is 2.27. The molecule has 0 aromatic carbocycles. The van der Waals surface area contributed by atoms with Gasteiger partial charge in [0.1, 0.15) is 5.00 Å². The number of aryl methyl sites for hydroxylation is 1. The summed E-state index contributed by atoms with van der Waals surface area (Å²) in [4.78, 5) is 23.5. The lowest BCUT2D eigenvalue weighted by atomic mass is 10.2. The predicted molar refractivity (Wildman–Crippen MR) is 68.7 cm³/mol. The molecule has 1 aromatic heterocycles. The Bertz CT molecular complexity index is 474. The van der Waals surface area contributed by atoms with Gasteiger partial charge < -0.3 is 10.4 Å². The highest BCUT2D eigenvalue weighted by Gasteiger charge is 2.16. The van der Waals surface area contributed by atoms with Crippen LogP contribution in [0.1, 0.15) is 35.5 Å². The molecule has 1 amide bonds. The van der Waals surface area contributed by atoms with Gasteiger partial charge in [-0.3, -0.25) is 4.79 Å². The van der Waals surface area contributed by atoms with Gasteiger partial charge in [0.15, 0.2) is 0 Å². The van der Waals surface area contributed by atoms with Crippen molar-refractivity contribution in [3.05, 3.63) is 28.2 Å². The van der Waals surface area contributed by atoms with Crippen molar-refractivity contribution in [3.63, 3.8) is 0 Å². The van der Waals surface area contributed by atoms with E-state index in [4.69, 9.17) is 5.11 Å². The molecule has 0 unspecified atom stereocenters. The summed E-state index contributed by atoms with van der Waals surface area (Å²) in [5, 5.41) is 12.0. The van der Waals surface area contributed by atoms with E-state index in [9.17, 15) is 9.59 Å². The molecule has 4 nitrogen and oxygen atoms in total. The number of thiophene rings is 1. The summed E-state index contributed by atoms with van der Waals surface area (Å²) in [5.41, 5.74) is 0.736. The van der Waals surface area contributed by atoms with E-state index < -0.39 is 5.97 Å². The van der Waals surface area contributed by atoms with Gasteiger partial charge in [-0.15, -0.1) is 11.3 Å². The lowest BCUT2D eigenvalue weighted by molar-refractivity contribution is -0.112. The summed E-state index contributed by atoms with van der Waals surface area (Å²) in [7, 11) is 0. The minimum atomic E-state index is -1.03. The van der Waals surface area contributed by atoms with E-state index in [0.717, 1.165) is 11.3 Å². The van der Waals surface area contributed by atoms with E-state index in [1.807, 2.05) is 13.8 Å². The number of allylic oxidation sites excluding steroid dienone is 1. The van der Waals surface area contributed by atoms with Crippen molar-refractivity contribution in [2.24, 2.45) is 0 Å². The maximum Gasteiger partial charge on any atom is 0.338 e. The molecular weight excluding hydrogens is 238 g/mol. The number of amides is 1. The molecule has 0 radical (unpaired) electrons. The molecule has 5 heteroatoms. The summed E-state index contributed by atoms with van der Waals surface area (Å²) in [6.07, 6.45) is 2.57. The molecule has 0 saturated carbocycles. The van der Waals surface area contributed by atoms with Crippen LogP contribution in [0.5, 0.6) is 0 Å². The first-order valence-electron chi connectivity index (χ1n) is 5.27. The topological polar surface area (TPSA) is 66.4 Å². The molecule has 1 rings (SSSR count). The monoisotopic (exact) mass is 253 g/mol. The van der Waals surface area contributed by atoms with Crippen molar-refractivity contribution in [3.8, 4) is 0 Å². The Morgan fingerprint density at radius 2 is 2.18 bits per heavy atom. The van der Waals surface area contributed by atoms with E-state index in [-0.39, 0.29) is 11.5 Å². The second kappa shape index (κ2) is 5.63. The van der Waals surface area contributed by atoms with Gasteiger partial charge >= 0.3 is 5.97 Å². The Balaban J connectivity index is 2.92. The third-order valence-corrected chi connectivity index (χ3v) is 3.15. The van der Waals surface area contributed by atoms with Crippen LogP contribution in [0.2, 0.25) is 0 Å². The van der Waals surface area contributed by atoms with Gasteiger partial charge in [-0.05, 0) is 26.3 Å². The third kappa shape index (κ3) is 3.42. The van der Waals surface area contributed by atoms with Crippen molar-refractivity contribution >= 4 is 28.2 Å². The van der Waals surface area contributed by atoms with Gasteiger partial charge in [0, 0.05) is 10.5 Å². The van der Waals surface area contributed by atoms with Gasteiger partial charge in [0.05, 0.1) is 5.56 Å².